The molecule has 0 aliphatic heterocycles. The molecule has 8 heteroatoms. The van der Waals surface area contributed by atoms with E-state index in [4.69, 9.17) is 0 Å². The molecule has 0 unspecified atom stereocenters. The summed E-state index contributed by atoms with van der Waals surface area (Å²) in [6.07, 6.45) is 0. The topological polar surface area (TPSA) is 134 Å². The lowest BCUT2D eigenvalue weighted by atomic mass is 9.85. The summed E-state index contributed by atoms with van der Waals surface area (Å²) in [6, 6.07) is 12.2. The summed E-state index contributed by atoms with van der Waals surface area (Å²) >= 11 is 0. The Morgan fingerprint density at radius 2 is 1.29 bits per heavy atom. The smallest absolute Gasteiger partial charge is 0.258 e. The quantitative estimate of drug-likeness (QED) is 0.629. The van der Waals surface area contributed by atoms with Crippen molar-refractivity contribution in [1.29, 1.82) is 10.5 Å². The van der Waals surface area contributed by atoms with E-state index < -0.39 is 21.7 Å². The van der Waals surface area contributed by atoms with E-state index in [1.807, 2.05) is 12.1 Å². The zero-order valence-electron chi connectivity index (χ0n) is 12.0. The number of hydrogen-bond acceptors (Lipinski definition) is 6. The molecular formula is C16H8N4O4. The highest BCUT2D eigenvalue weighted by Crippen LogP contribution is 2.49. The second-order valence-corrected chi connectivity index (χ2v) is 5.27. The van der Waals surface area contributed by atoms with Crippen LogP contribution in [0.4, 0.5) is 11.4 Å². The van der Waals surface area contributed by atoms with E-state index in [2.05, 4.69) is 0 Å². The molecule has 0 N–H and O–H groups in total. The molecule has 0 fully saturated rings. The highest BCUT2D eigenvalue weighted by Gasteiger charge is 2.37. The van der Waals surface area contributed by atoms with Crippen LogP contribution in [0.15, 0.2) is 36.4 Å². The largest absolute Gasteiger partial charge is 0.269 e. The van der Waals surface area contributed by atoms with Crippen molar-refractivity contribution in [2.24, 2.45) is 5.92 Å². The summed E-state index contributed by atoms with van der Waals surface area (Å²) in [7, 11) is 0. The van der Waals surface area contributed by atoms with Crippen molar-refractivity contribution < 1.29 is 9.85 Å². The van der Waals surface area contributed by atoms with Gasteiger partial charge in [-0.1, -0.05) is 0 Å². The number of nitrogens with zero attached hydrogens (tertiary/aromatic N) is 4. The zero-order valence-corrected chi connectivity index (χ0v) is 12.0. The molecule has 3 rings (SSSR count). The van der Waals surface area contributed by atoms with Gasteiger partial charge in [0.15, 0.2) is 0 Å². The molecular weight excluding hydrogens is 312 g/mol. The molecule has 0 heterocycles. The number of fused-ring (bicyclic) bond motifs is 3. The van der Waals surface area contributed by atoms with Crippen molar-refractivity contribution in [1.82, 2.24) is 0 Å². The lowest BCUT2D eigenvalue weighted by Crippen LogP contribution is -2.09. The first-order valence-corrected chi connectivity index (χ1v) is 6.84. The molecule has 0 aromatic heterocycles. The van der Waals surface area contributed by atoms with Gasteiger partial charge in [0, 0.05) is 30.2 Å². The molecule has 8 nitrogen and oxygen atoms in total. The first kappa shape index (κ1) is 15.1. The van der Waals surface area contributed by atoms with Crippen molar-refractivity contribution in [2.75, 3.05) is 0 Å². The molecule has 2 aromatic rings. The van der Waals surface area contributed by atoms with E-state index in [1.165, 1.54) is 24.3 Å². The van der Waals surface area contributed by atoms with Crippen molar-refractivity contribution in [3.63, 3.8) is 0 Å². The number of hydrogen-bond donors (Lipinski definition) is 0. The van der Waals surface area contributed by atoms with Gasteiger partial charge in [-0.3, -0.25) is 20.2 Å². The average molecular weight is 320 g/mol. The second kappa shape index (κ2) is 5.45. The number of nitro groups is 2. The van der Waals surface area contributed by atoms with Crippen molar-refractivity contribution in [3.05, 3.63) is 67.8 Å². The van der Waals surface area contributed by atoms with E-state index in [1.54, 1.807) is 12.1 Å². The third kappa shape index (κ3) is 2.14. The minimum Gasteiger partial charge on any atom is -0.258 e. The Labute approximate surface area is 135 Å². The predicted molar refractivity (Wildman–Crippen MR) is 81.7 cm³/mol. The maximum absolute atomic E-state index is 11.0. The van der Waals surface area contributed by atoms with Gasteiger partial charge >= 0.3 is 0 Å². The van der Waals surface area contributed by atoms with Crippen LogP contribution in [0, 0.1) is 48.8 Å². The Morgan fingerprint density at radius 3 is 1.62 bits per heavy atom. The van der Waals surface area contributed by atoms with E-state index in [0.29, 0.717) is 22.3 Å². The minimum atomic E-state index is -1.10. The molecule has 0 amide bonds. The van der Waals surface area contributed by atoms with Crippen LogP contribution >= 0.6 is 0 Å². The van der Waals surface area contributed by atoms with E-state index in [0.717, 1.165) is 0 Å². The van der Waals surface area contributed by atoms with Crippen molar-refractivity contribution in [2.45, 2.75) is 5.92 Å². The van der Waals surface area contributed by atoms with Crippen LogP contribution in [0.2, 0.25) is 0 Å². The molecule has 24 heavy (non-hydrogen) atoms. The number of non-ortho nitro benzene ring substituents is 2. The van der Waals surface area contributed by atoms with Crippen molar-refractivity contribution >= 4 is 11.4 Å². The maximum atomic E-state index is 11.0. The normalized spacial score (nSPS) is 12.1. The predicted octanol–water partition coefficient (Wildman–Crippen LogP) is 3.28. The fourth-order valence-corrected chi connectivity index (χ4v) is 3.04. The molecule has 0 saturated carbocycles. The van der Waals surface area contributed by atoms with Gasteiger partial charge in [-0.2, -0.15) is 10.5 Å². The van der Waals surface area contributed by atoms with Crippen LogP contribution in [0.25, 0.3) is 11.1 Å². The van der Waals surface area contributed by atoms with Crippen LogP contribution in [-0.2, 0) is 0 Å². The Balaban J connectivity index is 2.29. The van der Waals surface area contributed by atoms with Crippen LogP contribution in [-0.4, -0.2) is 9.85 Å². The second-order valence-electron chi connectivity index (χ2n) is 5.27. The highest BCUT2D eigenvalue weighted by molar-refractivity contribution is 5.81. The summed E-state index contributed by atoms with van der Waals surface area (Å²) in [6.45, 7) is 0. The van der Waals surface area contributed by atoms with Crippen LogP contribution in [0.5, 0.6) is 0 Å². The molecule has 116 valence electrons. The first-order valence-electron chi connectivity index (χ1n) is 6.84. The Hall–Kier alpha value is -3.78. The van der Waals surface area contributed by atoms with E-state index in [9.17, 15) is 30.8 Å². The Morgan fingerprint density at radius 1 is 0.875 bits per heavy atom. The summed E-state index contributed by atoms with van der Waals surface area (Å²) < 4.78 is 0. The fourth-order valence-electron chi connectivity index (χ4n) is 3.04. The van der Waals surface area contributed by atoms with Gasteiger partial charge in [-0.15, -0.1) is 0 Å². The molecule has 1 aliphatic carbocycles. The van der Waals surface area contributed by atoms with Gasteiger partial charge < -0.3 is 0 Å². The fraction of sp³-hybridized carbons (Fsp3) is 0.125. The molecule has 0 radical (unpaired) electrons. The van der Waals surface area contributed by atoms with Gasteiger partial charge in [0.1, 0.15) is 5.92 Å². The number of nitro benzene ring substituents is 2. The summed E-state index contributed by atoms with van der Waals surface area (Å²) in [4.78, 5) is 20.9. The maximum Gasteiger partial charge on any atom is 0.269 e. The lowest BCUT2D eigenvalue weighted by molar-refractivity contribution is -0.385. The van der Waals surface area contributed by atoms with Gasteiger partial charge in [-0.25, -0.2) is 0 Å². The van der Waals surface area contributed by atoms with E-state index >= 15 is 0 Å². The molecule has 0 spiro atoms. The molecule has 0 atom stereocenters. The van der Waals surface area contributed by atoms with Gasteiger partial charge in [0.2, 0.25) is 0 Å². The minimum absolute atomic E-state index is 0.157. The number of nitriles is 2. The van der Waals surface area contributed by atoms with E-state index in [-0.39, 0.29) is 11.4 Å². The summed E-state index contributed by atoms with van der Waals surface area (Å²) in [5.41, 5.74) is 1.91. The number of benzene rings is 2. The molecule has 0 saturated heterocycles. The SMILES string of the molecule is N#CC(C#N)C1c2cc([N+](=O)[O-])ccc2-c2ccc([N+](=O)[O-])cc21. The van der Waals surface area contributed by atoms with Gasteiger partial charge in [0.25, 0.3) is 11.4 Å². The Bertz CT molecular complexity index is 894. The monoisotopic (exact) mass is 320 g/mol. The molecule has 1 aliphatic rings. The summed E-state index contributed by atoms with van der Waals surface area (Å²) in [5.74, 6) is -1.86. The third-order valence-corrected chi connectivity index (χ3v) is 4.06. The molecule has 2 aromatic carbocycles. The Kier molecular flexibility index (Phi) is 3.43. The van der Waals surface area contributed by atoms with Crippen molar-refractivity contribution in [3.8, 4) is 23.3 Å². The van der Waals surface area contributed by atoms with Gasteiger partial charge in [-0.05, 0) is 34.4 Å². The highest BCUT2D eigenvalue weighted by atomic mass is 16.6. The first-order chi connectivity index (χ1) is 11.5. The molecule has 0 bridgehead atoms. The number of rotatable bonds is 3. The van der Waals surface area contributed by atoms with Crippen LogP contribution in [0.1, 0.15) is 17.0 Å². The average Bonchev–Trinajstić information content (AvgIpc) is 2.89. The lowest BCUT2D eigenvalue weighted by Gasteiger charge is -2.13. The third-order valence-electron chi connectivity index (χ3n) is 4.06. The standard InChI is InChI=1S/C16H8N4O4/c17-7-9(8-18)16-14-5-10(19(21)22)1-3-12(14)13-4-2-11(20(23)24)6-15(13)16/h1-6,9,16H. The van der Waals surface area contributed by atoms with Gasteiger partial charge in [0.05, 0.1) is 22.0 Å². The zero-order chi connectivity index (χ0) is 17.4. The van der Waals surface area contributed by atoms with Crippen LogP contribution < -0.4 is 0 Å². The summed E-state index contributed by atoms with van der Waals surface area (Å²) in [5, 5.41) is 40.5. The van der Waals surface area contributed by atoms with Crippen LogP contribution in [0.3, 0.4) is 0 Å².